The number of anilines is 6. The van der Waals surface area contributed by atoms with Crippen LogP contribution < -0.4 is 55.3 Å². The summed E-state index contributed by atoms with van der Waals surface area (Å²) in [6.07, 6.45) is 31.1. The van der Waals surface area contributed by atoms with Crippen molar-refractivity contribution in [3.05, 3.63) is 173 Å². The van der Waals surface area contributed by atoms with Crippen LogP contribution in [0, 0.1) is 13.8 Å². The minimum Gasteiger partial charge on any atom is -0.378 e. The normalized spacial score (nSPS) is 16.6. The maximum Gasteiger partial charge on any atom is 0.333 e. The van der Waals surface area contributed by atoms with Crippen LogP contribution in [0.4, 0.5) is 53.6 Å². The van der Waals surface area contributed by atoms with E-state index in [0.29, 0.717) is 61.6 Å². The van der Waals surface area contributed by atoms with Gasteiger partial charge in [-0.25, -0.2) is 81.7 Å². The van der Waals surface area contributed by atoms with Crippen LogP contribution in [0.2, 0.25) is 0 Å². The van der Waals surface area contributed by atoms with Crippen molar-refractivity contribution >= 4 is 98.6 Å². The lowest BCUT2D eigenvalue weighted by Crippen LogP contribution is -2.44. The van der Waals surface area contributed by atoms with E-state index in [4.69, 9.17) is 4.74 Å². The van der Waals surface area contributed by atoms with Gasteiger partial charge in [-0.05, 0) is 276 Å². The zero-order valence-electron chi connectivity index (χ0n) is 66.5. The van der Waals surface area contributed by atoms with Gasteiger partial charge in [0.25, 0.3) is 40.1 Å². The third-order valence-corrected chi connectivity index (χ3v) is 28.8. The third kappa shape index (κ3) is 18.7. The molecule has 4 aromatic carbocycles. The monoisotopic (exact) mass is 1690 g/mol. The number of carbonyl (C=O) groups excluding carboxylic acids is 4. The van der Waals surface area contributed by atoms with Crippen LogP contribution in [0.3, 0.4) is 0 Å². The molecular formula is C82H99N19O13S4. The van der Waals surface area contributed by atoms with Crippen molar-refractivity contribution in [2.45, 2.75) is 214 Å². The summed E-state index contributed by atoms with van der Waals surface area (Å²) >= 11 is 0. The molecule has 6 heterocycles. The van der Waals surface area contributed by atoms with Crippen molar-refractivity contribution in [3.8, 4) is 0 Å². The predicted octanol–water partition coefficient (Wildman–Crippen LogP) is 9.06. The number of urea groups is 4. The molecule has 118 heavy (non-hydrogen) atoms. The number of hydrogen-bond acceptors (Lipinski definition) is 24. The molecule has 8 aliphatic carbocycles. The quantitative estimate of drug-likeness (QED) is 0.0410. The Labute approximate surface area is 687 Å². The minimum absolute atomic E-state index is 0.0442. The summed E-state index contributed by atoms with van der Waals surface area (Å²) in [4.78, 5) is 62.2. The first-order chi connectivity index (χ1) is 56.8. The van der Waals surface area contributed by atoms with Gasteiger partial charge in [0.15, 0.2) is 11.6 Å². The van der Waals surface area contributed by atoms with Crippen molar-refractivity contribution < 1.29 is 57.6 Å². The van der Waals surface area contributed by atoms with E-state index in [0.717, 1.165) is 267 Å². The fraction of sp³-hybridized carbons (Fsp3) is 0.463. The highest BCUT2D eigenvalue weighted by molar-refractivity contribution is 7.91. The molecule has 0 atom stereocenters. The van der Waals surface area contributed by atoms with Gasteiger partial charge < -0.3 is 41.1 Å². The van der Waals surface area contributed by atoms with E-state index in [2.05, 4.69) is 117 Å². The van der Waals surface area contributed by atoms with Gasteiger partial charge in [0.2, 0.25) is 0 Å². The molecule has 8 amide bonds. The van der Waals surface area contributed by atoms with E-state index in [-0.39, 0.29) is 19.6 Å². The summed E-state index contributed by atoms with van der Waals surface area (Å²) in [5, 5.41) is 38.2. The summed E-state index contributed by atoms with van der Waals surface area (Å²) in [6.45, 7) is 10.7. The molecule has 2 aliphatic heterocycles. The van der Waals surface area contributed by atoms with E-state index in [1.54, 1.807) is 13.8 Å². The number of nitrogens with zero attached hydrogens (tertiary/aromatic N) is 10. The second-order valence-corrected chi connectivity index (χ2v) is 38.1. The number of benzene rings is 4. The smallest absolute Gasteiger partial charge is 0.333 e. The maximum atomic E-state index is 12.9. The molecule has 624 valence electrons. The van der Waals surface area contributed by atoms with Gasteiger partial charge in [0.05, 0.1) is 49.4 Å². The number of carbonyl (C=O) groups is 4. The lowest BCUT2D eigenvalue weighted by molar-refractivity contribution is 0.122. The maximum absolute atomic E-state index is 12.9. The lowest BCUT2D eigenvalue weighted by atomic mass is 9.99. The molecule has 4 aromatic heterocycles. The Morgan fingerprint density at radius 2 is 0.712 bits per heavy atom. The van der Waals surface area contributed by atoms with Crippen LogP contribution >= 0.6 is 0 Å². The van der Waals surface area contributed by atoms with Crippen LogP contribution in [0.1, 0.15) is 177 Å². The van der Waals surface area contributed by atoms with Crippen LogP contribution in [0.25, 0.3) is 0 Å². The highest BCUT2D eigenvalue weighted by Crippen LogP contribution is 2.43. The standard InChI is InChI=1S/C21H26N6O3S.C21H25N5O4S.C21H26N4O3S.C19H22N4O3S/c28-21(24-20-17-5-1-3-14(17)11-15-4-2-6-18(15)20)26-31(29,30)16-12-19(25-23-13-16)27-9-7-22-8-10-27;27-21(23-20-17-5-1-3-14(17)11-15-4-2-6-18(15)20)25-31(28,29)16-12-19(24-22-13-16)26-7-9-30-10-8-26;1-2-3-8-16-12-17(13-22-24-16)29(27,28)25-21(26)23-20-18-9-4-6-14(18)11-15-7-5-10-19(15)20;1-11-17(10-20-12(2)21-11)27(25,26)23-19(24)22-18-15-7-3-5-13(15)9-14-6-4-8-16(14)18/h11-13,22H,1-10H2,(H2,24,26,28);11-13H,1-10H2,(H2,23,25,27);11-13H,2-10H2,1H3,(H2,23,25,26);9-10H,3-8H2,1-2H3,(H2,22,23,24). The molecule has 2 saturated heterocycles. The molecule has 0 unspecified atom stereocenters. The summed E-state index contributed by atoms with van der Waals surface area (Å²) in [6, 6.07) is 10.5. The van der Waals surface area contributed by atoms with Gasteiger partial charge in [0, 0.05) is 74.2 Å². The number of unbranched alkanes of at least 4 members (excludes halogenated alkanes) is 1. The summed E-state index contributed by atoms with van der Waals surface area (Å²) in [5.41, 5.74) is 23.6. The van der Waals surface area contributed by atoms with Gasteiger partial charge >= 0.3 is 24.1 Å². The van der Waals surface area contributed by atoms with Crippen molar-refractivity contribution in [1.82, 2.24) is 64.8 Å². The summed E-state index contributed by atoms with van der Waals surface area (Å²) < 4.78 is 116. The number of ether oxygens (including phenoxy) is 1. The van der Waals surface area contributed by atoms with Gasteiger partial charge in [-0.2, -0.15) is 20.4 Å². The largest absolute Gasteiger partial charge is 0.378 e. The third-order valence-electron chi connectivity index (χ3n) is 23.5. The zero-order chi connectivity index (χ0) is 82.5. The highest BCUT2D eigenvalue weighted by atomic mass is 32.2. The average Bonchev–Trinajstić information content (AvgIpc) is 1.63. The van der Waals surface area contributed by atoms with Crippen LogP contribution in [0.15, 0.2) is 86.8 Å². The highest BCUT2D eigenvalue weighted by Gasteiger charge is 2.34. The molecular weight excluding hydrogens is 1590 g/mol. The topological polar surface area (TPSA) is 432 Å². The second-order valence-electron chi connectivity index (χ2n) is 31.4. The van der Waals surface area contributed by atoms with Gasteiger partial charge in [-0.1, -0.05) is 37.6 Å². The molecule has 0 spiro atoms. The molecule has 18 rings (SSSR count). The van der Waals surface area contributed by atoms with Crippen LogP contribution in [-0.4, -0.2) is 151 Å². The van der Waals surface area contributed by atoms with Gasteiger partial charge in [-0.3, -0.25) is 0 Å². The van der Waals surface area contributed by atoms with Crippen molar-refractivity contribution in [3.63, 3.8) is 0 Å². The van der Waals surface area contributed by atoms with E-state index in [1.165, 1.54) is 81.3 Å². The molecule has 9 N–H and O–H groups in total. The number of nitrogens with one attached hydrogen (secondary N) is 9. The number of amides is 8. The number of sulfonamides is 4. The number of morpholine rings is 1. The zero-order valence-corrected chi connectivity index (χ0v) is 69.8. The number of aryl methyl sites for hydroxylation is 11. The van der Waals surface area contributed by atoms with Crippen molar-refractivity contribution in [2.24, 2.45) is 0 Å². The van der Waals surface area contributed by atoms with E-state index >= 15 is 0 Å². The van der Waals surface area contributed by atoms with E-state index in [9.17, 15) is 52.8 Å². The Balaban J connectivity index is 0.000000123. The number of aromatic nitrogens is 8. The molecule has 0 radical (unpaired) electrons. The first kappa shape index (κ1) is 82.7. The summed E-state index contributed by atoms with van der Waals surface area (Å²) in [7, 11) is -16.2. The van der Waals surface area contributed by atoms with Crippen LogP contribution in [-0.2, 0) is 154 Å². The molecule has 32 nitrogen and oxygen atoms in total. The number of rotatable bonds is 17. The summed E-state index contributed by atoms with van der Waals surface area (Å²) in [5.74, 6) is 1.42. The Kier molecular flexibility index (Phi) is 25.0. The average molecular weight is 1690 g/mol. The van der Waals surface area contributed by atoms with E-state index < -0.39 is 64.2 Å². The molecule has 10 aliphatic rings. The molecule has 8 aromatic rings. The predicted molar refractivity (Wildman–Crippen MR) is 444 cm³/mol. The lowest BCUT2D eigenvalue weighted by Gasteiger charge is -2.28. The first-order valence-electron chi connectivity index (χ1n) is 40.9. The van der Waals surface area contributed by atoms with Crippen LogP contribution in [0.5, 0.6) is 0 Å². The van der Waals surface area contributed by atoms with E-state index in [1.807, 2.05) is 9.80 Å². The Bertz CT molecular complexity index is 5440. The van der Waals surface area contributed by atoms with Crippen molar-refractivity contribution in [1.29, 1.82) is 0 Å². The van der Waals surface area contributed by atoms with Crippen molar-refractivity contribution in [2.75, 3.05) is 83.5 Å². The Morgan fingerprint density at radius 3 is 1.04 bits per heavy atom. The number of piperazine rings is 1. The second kappa shape index (κ2) is 35.7. The fourth-order valence-electron chi connectivity index (χ4n) is 18.0. The number of hydrogen-bond donors (Lipinski definition) is 9. The Hall–Kier alpha value is -10.4. The fourth-order valence-corrected chi connectivity index (χ4v) is 21.6. The first-order valence-corrected chi connectivity index (χ1v) is 46.9. The van der Waals surface area contributed by atoms with Gasteiger partial charge in [0.1, 0.15) is 25.4 Å². The number of fused-ring (bicyclic) bond motifs is 8. The minimum atomic E-state index is -4.09. The SMILES string of the molecule is CCCCc1cc(S(=O)(=O)NC(=O)Nc2c3c(cc4c2CCC4)CCC3)cnn1.Cc1ncc(S(=O)(=O)NC(=O)Nc2c3c(cc4c2CCC4)CCC3)c(C)n1.O=C(Nc1c2c(cc3c1CCC3)CCC2)NS(=O)(=O)c1cnnc(N2CCNCC2)c1.O=C(Nc1c2c(cc3c1CCC3)CCC2)NS(=O)(=O)c1cnnc(N2CCOCC2)c1. The molecule has 36 heteroatoms. The molecule has 0 bridgehead atoms. The molecule has 0 saturated carbocycles. The molecule has 2 fully saturated rings. The Morgan fingerprint density at radius 1 is 0.398 bits per heavy atom. The van der Waals surface area contributed by atoms with Gasteiger partial charge in [-0.15, -0.1) is 10.2 Å².